The highest BCUT2D eigenvalue weighted by Gasteiger charge is 2.14. The second-order valence-electron chi connectivity index (χ2n) is 5.80. The average Bonchev–Trinajstić information content (AvgIpc) is 3.10. The maximum Gasteiger partial charge on any atom is 0.253 e. The third kappa shape index (κ3) is 3.95. The first kappa shape index (κ1) is 16.1. The van der Waals surface area contributed by atoms with Crippen molar-refractivity contribution in [2.45, 2.75) is 32.9 Å². The van der Waals surface area contributed by atoms with Crippen molar-refractivity contribution in [2.75, 3.05) is 18.0 Å². The fourth-order valence-electron chi connectivity index (χ4n) is 2.62. The van der Waals surface area contributed by atoms with Gasteiger partial charge in [-0.2, -0.15) is 0 Å². The van der Waals surface area contributed by atoms with Gasteiger partial charge in [0.25, 0.3) is 5.56 Å². The SMILES string of the molecule is Cc1cc(=O)n(CC(=O)NCc2nccc(N3CCCC3)n2)cn1. The summed E-state index contributed by atoms with van der Waals surface area (Å²) in [5.41, 5.74) is 0.383. The summed E-state index contributed by atoms with van der Waals surface area (Å²) in [5.74, 6) is 1.17. The molecule has 1 fully saturated rings. The van der Waals surface area contributed by atoms with E-state index in [0.29, 0.717) is 11.5 Å². The number of rotatable bonds is 5. The monoisotopic (exact) mass is 328 g/mol. The van der Waals surface area contributed by atoms with Gasteiger partial charge < -0.3 is 10.2 Å². The Hall–Kier alpha value is -2.77. The Balaban J connectivity index is 1.58. The van der Waals surface area contributed by atoms with E-state index in [-0.39, 0.29) is 24.6 Å². The molecule has 0 aliphatic carbocycles. The molecule has 126 valence electrons. The fourth-order valence-corrected chi connectivity index (χ4v) is 2.62. The summed E-state index contributed by atoms with van der Waals surface area (Å²) >= 11 is 0. The molecule has 24 heavy (non-hydrogen) atoms. The number of hydrogen-bond donors (Lipinski definition) is 1. The van der Waals surface area contributed by atoms with E-state index in [2.05, 4.69) is 25.2 Å². The number of nitrogens with one attached hydrogen (secondary N) is 1. The van der Waals surface area contributed by atoms with Crippen molar-refractivity contribution in [1.82, 2.24) is 24.8 Å². The lowest BCUT2D eigenvalue weighted by molar-refractivity contribution is -0.121. The molecule has 3 heterocycles. The molecule has 2 aromatic rings. The number of hydrogen-bond acceptors (Lipinski definition) is 6. The van der Waals surface area contributed by atoms with Crippen LogP contribution in [0.5, 0.6) is 0 Å². The smallest absolute Gasteiger partial charge is 0.253 e. The topological polar surface area (TPSA) is 93.0 Å². The molecule has 1 amide bonds. The van der Waals surface area contributed by atoms with Crippen LogP contribution in [0.4, 0.5) is 5.82 Å². The molecule has 8 nitrogen and oxygen atoms in total. The van der Waals surface area contributed by atoms with Crippen molar-refractivity contribution >= 4 is 11.7 Å². The normalized spacial score (nSPS) is 14.0. The molecule has 2 aromatic heterocycles. The van der Waals surface area contributed by atoms with Gasteiger partial charge in [-0.15, -0.1) is 0 Å². The average molecular weight is 328 g/mol. The summed E-state index contributed by atoms with van der Waals surface area (Å²) in [6, 6.07) is 3.28. The van der Waals surface area contributed by atoms with Gasteiger partial charge in [0.05, 0.1) is 12.9 Å². The molecule has 1 aliphatic rings. The fraction of sp³-hybridized carbons (Fsp3) is 0.438. The molecule has 1 N–H and O–H groups in total. The minimum Gasteiger partial charge on any atom is -0.357 e. The van der Waals surface area contributed by atoms with E-state index < -0.39 is 0 Å². The zero-order valence-corrected chi connectivity index (χ0v) is 13.6. The molecule has 0 unspecified atom stereocenters. The van der Waals surface area contributed by atoms with Gasteiger partial charge in [0.1, 0.15) is 18.2 Å². The van der Waals surface area contributed by atoms with E-state index in [9.17, 15) is 9.59 Å². The van der Waals surface area contributed by atoms with Crippen molar-refractivity contribution in [1.29, 1.82) is 0 Å². The van der Waals surface area contributed by atoms with Gasteiger partial charge in [-0.1, -0.05) is 0 Å². The highest BCUT2D eigenvalue weighted by molar-refractivity contribution is 5.75. The van der Waals surface area contributed by atoms with Crippen LogP contribution in [0.25, 0.3) is 0 Å². The predicted molar refractivity (Wildman–Crippen MR) is 88.6 cm³/mol. The minimum atomic E-state index is -0.280. The van der Waals surface area contributed by atoms with Gasteiger partial charge in [0.2, 0.25) is 5.91 Å². The van der Waals surface area contributed by atoms with Crippen LogP contribution < -0.4 is 15.8 Å². The van der Waals surface area contributed by atoms with Crippen molar-refractivity contribution < 1.29 is 4.79 Å². The summed E-state index contributed by atoms with van der Waals surface area (Å²) in [7, 11) is 0. The third-order valence-corrected chi connectivity index (χ3v) is 3.89. The second-order valence-corrected chi connectivity index (χ2v) is 5.80. The van der Waals surface area contributed by atoms with Crippen LogP contribution in [0.3, 0.4) is 0 Å². The number of carbonyl (C=O) groups is 1. The lowest BCUT2D eigenvalue weighted by Gasteiger charge is -2.16. The summed E-state index contributed by atoms with van der Waals surface area (Å²) in [5, 5.41) is 2.74. The highest BCUT2D eigenvalue weighted by Crippen LogP contribution is 2.16. The highest BCUT2D eigenvalue weighted by atomic mass is 16.2. The molecule has 8 heteroatoms. The molecule has 0 bridgehead atoms. The molecule has 1 aliphatic heterocycles. The number of amides is 1. The molecular weight excluding hydrogens is 308 g/mol. The summed E-state index contributed by atoms with van der Waals surface area (Å²) in [6.07, 6.45) is 5.43. The molecule has 0 spiro atoms. The number of anilines is 1. The van der Waals surface area contributed by atoms with E-state index in [1.807, 2.05) is 6.07 Å². The standard InChI is InChI=1S/C16H20N6O2/c1-12-8-16(24)22(11-19-12)10-15(23)18-9-13-17-5-4-14(20-13)21-6-2-3-7-21/h4-5,8,11H,2-3,6-7,9-10H2,1H3,(H,18,23). The molecule has 0 saturated carbocycles. The van der Waals surface area contributed by atoms with Crippen LogP contribution in [0.2, 0.25) is 0 Å². The van der Waals surface area contributed by atoms with Crippen LogP contribution in [0.1, 0.15) is 24.4 Å². The Kier molecular flexibility index (Phi) is 4.83. The Morgan fingerprint density at radius 2 is 2.08 bits per heavy atom. The molecule has 3 rings (SSSR count). The summed E-state index contributed by atoms with van der Waals surface area (Å²) in [4.78, 5) is 38.7. The Labute approximate surface area is 139 Å². The summed E-state index contributed by atoms with van der Waals surface area (Å²) < 4.78 is 1.27. The Bertz CT molecular complexity index is 782. The van der Waals surface area contributed by atoms with E-state index in [1.54, 1.807) is 13.1 Å². The first-order chi connectivity index (χ1) is 11.6. The molecular formula is C16H20N6O2. The number of carbonyl (C=O) groups excluding carboxylic acids is 1. The predicted octanol–water partition coefficient (Wildman–Crippen LogP) is 0.258. The van der Waals surface area contributed by atoms with Crippen molar-refractivity contribution in [3.63, 3.8) is 0 Å². The minimum absolute atomic E-state index is 0.0715. The van der Waals surface area contributed by atoms with Gasteiger partial charge in [-0.05, 0) is 25.8 Å². The van der Waals surface area contributed by atoms with Crippen LogP contribution in [-0.4, -0.2) is 38.5 Å². The molecule has 0 aromatic carbocycles. The van der Waals surface area contributed by atoms with Crippen LogP contribution >= 0.6 is 0 Å². The van der Waals surface area contributed by atoms with Gasteiger partial charge in [-0.3, -0.25) is 14.2 Å². The van der Waals surface area contributed by atoms with Crippen LogP contribution in [0.15, 0.2) is 29.5 Å². The van der Waals surface area contributed by atoms with Crippen LogP contribution in [0, 0.1) is 6.92 Å². The van der Waals surface area contributed by atoms with Crippen molar-refractivity contribution in [3.05, 3.63) is 46.5 Å². The largest absolute Gasteiger partial charge is 0.357 e. The molecule has 0 radical (unpaired) electrons. The third-order valence-electron chi connectivity index (χ3n) is 3.89. The number of aromatic nitrogens is 4. The van der Waals surface area contributed by atoms with Gasteiger partial charge in [0, 0.05) is 31.0 Å². The Morgan fingerprint density at radius 3 is 2.83 bits per heavy atom. The zero-order valence-electron chi connectivity index (χ0n) is 13.6. The van der Waals surface area contributed by atoms with E-state index in [1.165, 1.54) is 29.8 Å². The van der Waals surface area contributed by atoms with Crippen LogP contribution in [-0.2, 0) is 17.9 Å². The molecule has 1 saturated heterocycles. The van der Waals surface area contributed by atoms with Gasteiger partial charge >= 0.3 is 0 Å². The molecule has 0 atom stereocenters. The quantitative estimate of drug-likeness (QED) is 0.846. The van der Waals surface area contributed by atoms with E-state index in [0.717, 1.165) is 18.9 Å². The number of nitrogens with zero attached hydrogens (tertiary/aromatic N) is 5. The van der Waals surface area contributed by atoms with Gasteiger partial charge in [0.15, 0.2) is 0 Å². The first-order valence-corrected chi connectivity index (χ1v) is 7.98. The van der Waals surface area contributed by atoms with E-state index in [4.69, 9.17) is 0 Å². The number of aryl methyl sites for hydroxylation is 1. The lowest BCUT2D eigenvalue weighted by Crippen LogP contribution is -2.32. The maximum atomic E-state index is 12.0. The van der Waals surface area contributed by atoms with Crippen molar-refractivity contribution in [2.24, 2.45) is 0 Å². The van der Waals surface area contributed by atoms with E-state index >= 15 is 0 Å². The lowest BCUT2D eigenvalue weighted by atomic mass is 10.4. The summed E-state index contributed by atoms with van der Waals surface area (Å²) in [6.45, 7) is 3.90. The maximum absolute atomic E-state index is 12.0. The zero-order chi connectivity index (χ0) is 16.9. The second kappa shape index (κ2) is 7.20. The van der Waals surface area contributed by atoms with Crippen molar-refractivity contribution in [3.8, 4) is 0 Å². The van der Waals surface area contributed by atoms with Gasteiger partial charge in [-0.25, -0.2) is 15.0 Å². The first-order valence-electron chi connectivity index (χ1n) is 7.98. The Morgan fingerprint density at radius 1 is 1.29 bits per heavy atom.